The Morgan fingerprint density at radius 2 is 2.00 bits per heavy atom. The van der Waals surface area contributed by atoms with Crippen LogP contribution in [0.25, 0.3) is 0 Å². The van der Waals surface area contributed by atoms with Crippen LogP contribution in [0.15, 0.2) is 24.3 Å². The minimum absolute atomic E-state index is 0.226. The Bertz CT molecular complexity index is 325. The molecule has 0 fully saturated rings. The summed E-state index contributed by atoms with van der Waals surface area (Å²) in [5, 5.41) is 2.62. The van der Waals surface area contributed by atoms with Gasteiger partial charge in [0.1, 0.15) is 5.75 Å². The number of methoxy groups -OCH3 is 1. The van der Waals surface area contributed by atoms with Crippen molar-refractivity contribution in [2.24, 2.45) is 0 Å². The molecule has 16 heavy (non-hydrogen) atoms. The van der Waals surface area contributed by atoms with Gasteiger partial charge in [0.25, 0.3) is 0 Å². The molecule has 3 N–H and O–H groups in total. The molecule has 1 aromatic carbocycles. The third-order valence-corrected chi connectivity index (χ3v) is 1.99. The van der Waals surface area contributed by atoms with Crippen LogP contribution < -0.4 is 20.9 Å². The van der Waals surface area contributed by atoms with Crippen molar-refractivity contribution < 1.29 is 9.53 Å². The topological polar surface area (TPSA) is 62.4 Å². The fourth-order valence-corrected chi connectivity index (χ4v) is 1.17. The van der Waals surface area contributed by atoms with Crippen LogP contribution in [0.5, 0.6) is 5.75 Å². The molecular formula is C11H17N3O2. The smallest absolute Gasteiger partial charge is 0.329 e. The zero-order valence-corrected chi connectivity index (χ0v) is 9.54. The molecule has 88 valence electrons. The highest BCUT2D eigenvalue weighted by molar-refractivity contribution is 5.73. The van der Waals surface area contributed by atoms with Crippen LogP contribution in [0.2, 0.25) is 0 Å². The first kappa shape index (κ1) is 12.3. The fraction of sp³-hybridized carbons (Fsp3) is 0.364. The molecule has 0 aliphatic rings. The molecule has 0 aliphatic carbocycles. The predicted octanol–water partition coefficient (Wildman–Crippen LogP) is 1.02. The molecule has 0 aliphatic heterocycles. The highest BCUT2D eigenvalue weighted by Crippen LogP contribution is 2.10. The average Bonchev–Trinajstić information content (AvgIpc) is 2.30. The van der Waals surface area contributed by atoms with Crippen molar-refractivity contribution in [3.05, 3.63) is 29.8 Å². The minimum atomic E-state index is -0.226. The van der Waals surface area contributed by atoms with Gasteiger partial charge in [0.15, 0.2) is 0 Å². The fourth-order valence-electron chi connectivity index (χ4n) is 1.17. The molecule has 0 radical (unpaired) electrons. The van der Waals surface area contributed by atoms with E-state index in [0.29, 0.717) is 13.1 Å². The predicted molar refractivity (Wildman–Crippen MR) is 62.0 cm³/mol. The Morgan fingerprint density at radius 1 is 1.31 bits per heavy atom. The van der Waals surface area contributed by atoms with E-state index in [-0.39, 0.29) is 6.03 Å². The number of urea groups is 1. The number of carbonyl (C=O) groups is 1. The maximum atomic E-state index is 11.0. The van der Waals surface area contributed by atoms with Gasteiger partial charge in [-0.3, -0.25) is 5.43 Å². The van der Waals surface area contributed by atoms with Crippen LogP contribution in [0.3, 0.4) is 0 Å². The second kappa shape index (κ2) is 6.68. The first-order chi connectivity index (χ1) is 7.76. The Labute approximate surface area is 95.2 Å². The van der Waals surface area contributed by atoms with E-state index in [2.05, 4.69) is 16.2 Å². The monoisotopic (exact) mass is 223 g/mol. The van der Waals surface area contributed by atoms with E-state index in [0.717, 1.165) is 11.3 Å². The lowest BCUT2D eigenvalue weighted by Crippen LogP contribution is -2.43. The van der Waals surface area contributed by atoms with Crippen molar-refractivity contribution in [3.63, 3.8) is 0 Å². The van der Waals surface area contributed by atoms with E-state index in [1.165, 1.54) is 0 Å². The molecule has 5 heteroatoms. The molecule has 0 bridgehead atoms. The molecular weight excluding hydrogens is 206 g/mol. The number of amides is 2. The van der Waals surface area contributed by atoms with Gasteiger partial charge in [-0.15, -0.1) is 0 Å². The molecule has 0 spiro atoms. The number of nitrogens with one attached hydrogen (secondary N) is 3. The summed E-state index contributed by atoms with van der Waals surface area (Å²) in [6.45, 7) is 3.04. The van der Waals surface area contributed by atoms with Crippen LogP contribution in [0, 0.1) is 0 Å². The van der Waals surface area contributed by atoms with Gasteiger partial charge in [0.05, 0.1) is 7.11 Å². The van der Waals surface area contributed by atoms with Crippen molar-refractivity contribution in [1.29, 1.82) is 0 Å². The standard InChI is InChI=1S/C11H17N3O2/c1-3-12-11(15)14-13-8-9-4-6-10(16-2)7-5-9/h4-7,13H,3,8H2,1-2H3,(H2,12,14,15). The van der Waals surface area contributed by atoms with E-state index in [9.17, 15) is 4.79 Å². The normalized spacial score (nSPS) is 9.62. The van der Waals surface area contributed by atoms with Crippen molar-refractivity contribution in [2.75, 3.05) is 13.7 Å². The largest absolute Gasteiger partial charge is 0.497 e. The molecule has 1 aromatic rings. The Kier molecular flexibility index (Phi) is 5.15. The van der Waals surface area contributed by atoms with Crippen LogP contribution in [-0.4, -0.2) is 19.7 Å². The summed E-state index contributed by atoms with van der Waals surface area (Å²) in [6, 6.07) is 7.40. The first-order valence-electron chi connectivity index (χ1n) is 5.16. The number of carbonyl (C=O) groups excluding carboxylic acids is 1. The lowest BCUT2D eigenvalue weighted by atomic mass is 10.2. The third kappa shape index (κ3) is 4.18. The Balaban J connectivity index is 2.29. The van der Waals surface area contributed by atoms with Crippen LogP contribution >= 0.6 is 0 Å². The quantitative estimate of drug-likeness (QED) is 0.653. The zero-order valence-electron chi connectivity index (χ0n) is 9.54. The molecule has 0 atom stereocenters. The number of rotatable bonds is 5. The summed E-state index contributed by atoms with van der Waals surface area (Å²) in [4.78, 5) is 11.0. The molecule has 2 amide bonds. The molecule has 0 heterocycles. The van der Waals surface area contributed by atoms with Gasteiger partial charge < -0.3 is 10.1 Å². The number of hydrogen-bond acceptors (Lipinski definition) is 3. The van der Waals surface area contributed by atoms with Crippen molar-refractivity contribution >= 4 is 6.03 Å². The molecule has 0 saturated heterocycles. The van der Waals surface area contributed by atoms with Gasteiger partial charge >= 0.3 is 6.03 Å². The number of hydrazine groups is 1. The van der Waals surface area contributed by atoms with Gasteiger partial charge in [-0.2, -0.15) is 0 Å². The van der Waals surface area contributed by atoms with Crippen LogP contribution in [0.1, 0.15) is 12.5 Å². The van der Waals surface area contributed by atoms with E-state index in [1.807, 2.05) is 31.2 Å². The van der Waals surface area contributed by atoms with E-state index in [4.69, 9.17) is 4.74 Å². The Hall–Kier alpha value is -1.75. The maximum Gasteiger partial charge on any atom is 0.329 e. The molecule has 1 rings (SSSR count). The van der Waals surface area contributed by atoms with Crippen LogP contribution in [-0.2, 0) is 6.54 Å². The SMILES string of the molecule is CCNC(=O)NNCc1ccc(OC)cc1. The summed E-state index contributed by atoms with van der Waals surface area (Å²) in [5.41, 5.74) is 6.42. The average molecular weight is 223 g/mol. The molecule has 5 nitrogen and oxygen atoms in total. The molecule has 0 saturated carbocycles. The summed E-state index contributed by atoms with van der Waals surface area (Å²) < 4.78 is 5.04. The third-order valence-electron chi connectivity index (χ3n) is 1.99. The summed E-state index contributed by atoms with van der Waals surface area (Å²) >= 11 is 0. The van der Waals surface area contributed by atoms with Crippen molar-refractivity contribution in [2.45, 2.75) is 13.5 Å². The van der Waals surface area contributed by atoms with E-state index >= 15 is 0 Å². The van der Waals surface area contributed by atoms with E-state index < -0.39 is 0 Å². The maximum absolute atomic E-state index is 11.0. The summed E-state index contributed by atoms with van der Waals surface area (Å²) in [5.74, 6) is 0.820. The van der Waals surface area contributed by atoms with Gasteiger partial charge in [0.2, 0.25) is 0 Å². The highest BCUT2D eigenvalue weighted by atomic mass is 16.5. The zero-order chi connectivity index (χ0) is 11.8. The van der Waals surface area contributed by atoms with Gasteiger partial charge in [-0.25, -0.2) is 10.2 Å². The highest BCUT2D eigenvalue weighted by Gasteiger charge is 1.97. The number of hydrogen-bond donors (Lipinski definition) is 3. The second-order valence-corrected chi connectivity index (χ2v) is 3.19. The molecule has 0 unspecified atom stereocenters. The lowest BCUT2D eigenvalue weighted by molar-refractivity contribution is 0.237. The molecule has 0 aromatic heterocycles. The minimum Gasteiger partial charge on any atom is -0.497 e. The second-order valence-electron chi connectivity index (χ2n) is 3.19. The summed E-state index contributed by atoms with van der Waals surface area (Å²) in [7, 11) is 1.63. The number of ether oxygens (including phenoxy) is 1. The first-order valence-corrected chi connectivity index (χ1v) is 5.16. The van der Waals surface area contributed by atoms with Gasteiger partial charge in [-0.1, -0.05) is 12.1 Å². The lowest BCUT2D eigenvalue weighted by Gasteiger charge is -2.08. The van der Waals surface area contributed by atoms with Crippen molar-refractivity contribution in [3.8, 4) is 5.75 Å². The van der Waals surface area contributed by atoms with E-state index in [1.54, 1.807) is 7.11 Å². The van der Waals surface area contributed by atoms with Gasteiger partial charge in [-0.05, 0) is 24.6 Å². The van der Waals surface area contributed by atoms with Crippen molar-refractivity contribution in [1.82, 2.24) is 16.2 Å². The summed E-state index contributed by atoms with van der Waals surface area (Å²) in [6.07, 6.45) is 0. The Morgan fingerprint density at radius 3 is 2.56 bits per heavy atom. The van der Waals surface area contributed by atoms with Crippen LogP contribution in [0.4, 0.5) is 4.79 Å². The van der Waals surface area contributed by atoms with Gasteiger partial charge in [0, 0.05) is 13.1 Å². The number of benzene rings is 1.